The maximum absolute atomic E-state index is 14.5. The second-order valence-corrected chi connectivity index (χ2v) is 18.6. The largest absolute Gasteiger partial charge is 0.444 e. The van der Waals surface area contributed by atoms with Crippen molar-refractivity contribution >= 4 is 41.2 Å². The normalized spacial score (nSPS) is 22.7. The maximum Gasteiger partial charge on any atom is 0.408 e. The fraction of sp³-hybridized carbons (Fsp3) is 0.690. The van der Waals surface area contributed by atoms with E-state index in [0.717, 1.165) is 25.7 Å². The first-order chi connectivity index (χ1) is 26.0. The smallest absolute Gasteiger partial charge is 0.408 e. The molecule has 56 heavy (non-hydrogen) atoms. The highest BCUT2D eigenvalue weighted by molar-refractivity contribution is 6.38. The Balaban J connectivity index is 1.57. The molecular weight excluding hydrogens is 716 g/mol. The number of aliphatic imine (C=N–C) groups is 1. The molecule has 5 amide bonds. The van der Waals surface area contributed by atoms with E-state index in [4.69, 9.17) is 9.47 Å². The Hall–Kier alpha value is -4.33. The Morgan fingerprint density at radius 2 is 1.61 bits per heavy atom. The minimum Gasteiger partial charge on any atom is -0.444 e. The monoisotopic (exact) mass is 780 g/mol. The van der Waals surface area contributed by atoms with Gasteiger partial charge in [-0.2, -0.15) is 0 Å². The van der Waals surface area contributed by atoms with E-state index in [1.807, 2.05) is 65.0 Å². The van der Waals surface area contributed by atoms with Crippen LogP contribution in [0.1, 0.15) is 112 Å². The third-order valence-electron chi connectivity index (χ3n) is 10.7. The minimum atomic E-state index is -1.14. The van der Waals surface area contributed by atoms with Crippen LogP contribution in [0.15, 0.2) is 35.3 Å². The van der Waals surface area contributed by atoms with Gasteiger partial charge in [-0.15, -0.1) is 0 Å². The van der Waals surface area contributed by atoms with Gasteiger partial charge in [0.2, 0.25) is 17.6 Å². The van der Waals surface area contributed by atoms with Gasteiger partial charge in [0.25, 0.3) is 11.8 Å². The van der Waals surface area contributed by atoms with E-state index in [0.29, 0.717) is 17.7 Å². The average Bonchev–Trinajstić information content (AvgIpc) is 3.80. The van der Waals surface area contributed by atoms with Gasteiger partial charge in [0.15, 0.2) is 6.04 Å². The van der Waals surface area contributed by atoms with Gasteiger partial charge in [0, 0.05) is 32.3 Å². The van der Waals surface area contributed by atoms with Crippen molar-refractivity contribution in [1.29, 1.82) is 0 Å². The molecule has 0 radical (unpaired) electrons. The van der Waals surface area contributed by atoms with Crippen LogP contribution in [-0.4, -0.2) is 114 Å². The van der Waals surface area contributed by atoms with Crippen LogP contribution in [-0.2, 0) is 33.4 Å². The summed E-state index contributed by atoms with van der Waals surface area (Å²) in [6.07, 6.45) is 3.30. The number of amides is 5. The molecule has 0 aromatic heterocycles. The van der Waals surface area contributed by atoms with Crippen molar-refractivity contribution in [1.82, 2.24) is 25.8 Å². The molecule has 3 aliphatic rings. The van der Waals surface area contributed by atoms with Crippen molar-refractivity contribution < 1.29 is 38.2 Å². The average molecular weight is 781 g/mol. The van der Waals surface area contributed by atoms with E-state index in [1.54, 1.807) is 41.8 Å². The third kappa shape index (κ3) is 11.6. The molecule has 14 heteroatoms. The standard InChI is InChI=1S/C42H64N6O8/c1-25(44-31(37(52)47(10)11)27-19-13-12-14-20-27)23-43-36(51)33(49)29(21-26-17-15-16-18-26)45-35(50)32-28-22-42(8,9)55-30(28)24-48(32)38(53)34(40(2,3)4)46-39(54)56-41(5,6)7/h12-14,19-20,26,28-32,34H,15-18,21-24H2,1-11H3,(H,43,51)(H,45,50)(H,46,54)/t28-,29?,30-,31-,32?,34+/m0/s1. The minimum absolute atomic E-state index is 0.0847. The molecule has 2 heterocycles. The molecule has 3 N–H and O–H groups in total. The lowest BCUT2D eigenvalue weighted by atomic mass is 9.85. The number of fused-ring (bicyclic) bond motifs is 1. The van der Waals surface area contributed by atoms with Crippen LogP contribution in [0.3, 0.4) is 0 Å². The maximum atomic E-state index is 14.5. The number of carbonyl (C=O) groups is 6. The summed E-state index contributed by atoms with van der Waals surface area (Å²) in [7, 11) is 3.29. The number of carbonyl (C=O) groups excluding carboxylic acids is 6. The number of hydrogen-bond donors (Lipinski definition) is 3. The zero-order chi connectivity index (χ0) is 41.7. The van der Waals surface area contributed by atoms with E-state index in [2.05, 4.69) is 20.9 Å². The quantitative estimate of drug-likeness (QED) is 0.196. The summed E-state index contributed by atoms with van der Waals surface area (Å²) in [5.41, 5.74) is -0.963. The number of ketones is 1. The van der Waals surface area contributed by atoms with Gasteiger partial charge in [-0.3, -0.25) is 29.0 Å². The van der Waals surface area contributed by atoms with Crippen LogP contribution >= 0.6 is 0 Å². The van der Waals surface area contributed by atoms with Gasteiger partial charge in [-0.05, 0) is 71.3 Å². The molecule has 6 atom stereocenters. The van der Waals surface area contributed by atoms with Crippen molar-refractivity contribution in [3.63, 3.8) is 0 Å². The molecule has 2 unspecified atom stereocenters. The Morgan fingerprint density at radius 1 is 0.982 bits per heavy atom. The molecule has 3 fully saturated rings. The van der Waals surface area contributed by atoms with E-state index in [1.165, 1.54) is 9.80 Å². The van der Waals surface area contributed by atoms with Gasteiger partial charge in [0.1, 0.15) is 17.7 Å². The highest BCUT2D eigenvalue weighted by Crippen LogP contribution is 2.44. The second kappa shape index (κ2) is 17.9. The van der Waals surface area contributed by atoms with Crippen LogP contribution in [0.25, 0.3) is 0 Å². The lowest BCUT2D eigenvalue weighted by molar-refractivity contribution is -0.145. The summed E-state index contributed by atoms with van der Waals surface area (Å²) in [5.74, 6) is -3.17. The van der Waals surface area contributed by atoms with Crippen molar-refractivity contribution in [3.05, 3.63) is 35.9 Å². The molecule has 14 nitrogen and oxygen atoms in total. The summed E-state index contributed by atoms with van der Waals surface area (Å²) in [5, 5.41) is 8.33. The number of ether oxygens (including phenoxy) is 2. The summed E-state index contributed by atoms with van der Waals surface area (Å²) in [6, 6.07) is 5.08. The van der Waals surface area contributed by atoms with Crippen LogP contribution < -0.4 is 16.0 Å². The van der Waals surface area contributed by atoms with Crippen molar-refractivity contribution in [2.24, 2.45) is 22.2 Å². The van der Waals surface area contributed by atoms with Gasteiger partial charge >= 0.3 is 6.09 Å². The Kier molecular flexibility index (Phi) is 14.2. The first kappa shape index (κ1) is 44.4. The summed E-state index contributed by atoms with van der Waals surface area (Å²) >= 11 is 0. The number of likely N-dealkylation sites (N-methyl/N-ethyl adjacent to an activating group) is 1. The number of rotatable bonds is 13. The lowest BCUT2D eigenvalue weighted by Gasteiger charge is -2.37. The Bertz CT molecular complexity index is 1640. The molecule has 0 bridgehead atoms. The van der Waals surface area contributed by atoms with E-state index >= 15 is 0 Å². The first-order valence-electron chi connectivity index (χ1n) is 19.9. The Morgan fingerprint density at radius 3 is 2.18 bits per heavy atom. The molecule has 310 valence electrons. The summed E-state index contributed by atoms with van der Waals surface area (Å²) < 4.78 is 11.8. The molecule has 2 saturated heterocycles. The van der Waals surface area contributed by atoms with Crippen molar-refractivity contribution in [2.75, 3.05) is 27.2 Å². The molecule has 1 aliphatic carbocycles. The van der Waals surface area contributed by atoms with Crippen molar-refractivity contribution in [3.8, 4) is 0 Å². The molecule has 1 aromatic rings. The fourth-order valence-corrected chi connectivity index (χ4v) is 8.01. The number of Topliss-reactive ketones (excluding diaryl/α,β-unsaturated/α-hetero) is 1. The second-order valence-electron chi connectivity index (χ2n) is 18.6. The highest BCUT2D eigenvalue weighted by Gasteiger charge is 2.57. The number of benzene rings is 1. The van der Waals surface area contributed by atoms with Crippen LogP contribution in [0, 0.1) is 17.3 Å². The molecule has 4 rings (SSSR count). The predicted octanol–water partition coefficient (Wildman–Crippen LogP) is 4.36. The first-order valence-corrected chi connectivity index (χ1v) is 19.9. The summed E-state index contributed by atoms with van der Waals surface area (Å²) in [4.78, 5) is 90.0. The van der Waals surface area contributed by atoms with Gasteiger partial charge in [0.05, 0.1) is 24.3 Å². The fourth-order valence-electron chi connectivity index (χ4n) is 8.01. The van der Waals surface area contributed by atoms with Crippen LogP contribution in [0.4, 0.5) is 4.79 Å². The zero-order valence-electron chi connectivity index (χ0n) is 35.2. The molecular formula is C42H64N6O8. The lowest BCUT2D eigenvalue weighted by Crippen LogP contribution is -2.60. The van der Waals surface area contributed by atoms with Gasteiger partial charge in [-0.1, -0.05) is 76.8 Å². The topological polar surface area (TPSA) is 176 Å². The molecule has 2 aliphatic heterocycles. The van der Waals surface area contributed by atoms with Gasteiger partial charge < -0.3 is 35.2 Å². The third-order valence-corrected chi connectivity index (χ3v) is 10.7. The SMILES string of the molecule is CC(CNC(=O)C(=O)C(CC1CCCC1)NC(=O)C1[C@H]2CC(C)(C)O[C@H]2CN1C(=O)[C@@H](NC(=O)OC(C)(C)C)C(C)(C)C)=N[C@H](C(=O)N(C)C)c1ccccc1. The number of likely N-dealkylation sites (tertiary alicyclic amines) is 1. The Labute approximate surface area is 332 Å². The van der Waals surface area contributed by atoms with E-state index in [-0.39, 0.29) is 37.3 Å². The van der Waals surface area contributed by atoms with Crippen LogP contribution in [0.2, 0.25) is 0 Å². The van der Waals surface area contributed by atoms with Crippen molar-refractivity contribution in [2.45, 2.75) is 142 Å². The molecule has 1 saturated carbocycles. The molecule has 0 spiro atoms. The molecule has 1 aromatic carbocycles. The summed E-state index contributed by atoms with van der Waals surface area (Å²) in [6.45, 7) is 16.3. The number of hydrogen-bond acceptors (Lipinski definition) is 9. The number of nitrogens with one attached hydrogen (secondary N) is 3. The van der Waals surface area contributed by atoms with Gasteiger partial charge in [-0.25, -0.2) is 4.79 Å². The number of nitrogens with zero attached hydrogens (tertiary/aromatic N) is 3. The predicted molar refractivity (Wildman–Crippen MR) is 213 cm³/mol. The van der Waals surface area contributed by atoms with E-state index < -0.39 is 76.5 Å². The van der Waals surface area contributed by atoms with E-state index in [9.17, 15) is 28.8 Å². The highest BCUT2D eigenvalue weighted by atomic mass is 16.6. The number of alkyl carbamates (subject to hydrolysis) is 1. The zero-order valence-corrected chi connectivity index (χ0v) is 35.2. The van der Waals surface area contributed by atoms with Crippen LogP contribution in [0.5, 0.6) is 0 Å².